The molecule has 1 fully saturated rings. The van der Waals surface area contributed by atoms with Crippen LogP contribution < -0.4 is 0 Å². The molecule has 1 aliphatic carbocycles. The van der Waals surface area contributed by atoms with Gasteiger partial charge in [0, 0.05) is 17.9 Å². The highest BCUT2D eigenvalue weighted by Gasteiger charge is 2.27. The van der Waals surface area contributed by atoms with Crippen molar-refractivity contribution in [3.05, 3.63) is 0 Å². The maximum atomic E-state index is 3.55. The summed E-state index contributed by atoms with van der Waals surface area (Å²) in [6.07, 6.45) is 11.4. The lowest BCUT2D eigenvalue weighted by Gasteiger charge is -2.20. The highest BCUT2D eigenvalue weighted by atomic mass is 79.9. The zero-order valence-electron chi connectivity index (χ0n) is 10.2. The number of unbranched alkanes of at least 4 members (excludes halogenated alkanes) is 5. The van der Waals surface area contributed by atoms with Gasteiger partial charge in [-0.05, 0) is 25.8 Å². The van der Waals surface area contributed by atoms with Crippen LogP contribution in [0.1, 0.15) is 58.3 Å². The number of hydrogen-bond donors (Lipinski definition) is 0. The minimum atomic E-state index is 0.943. The molecule has 0 atom stereocenters. The summed E-state index contributed by atoms with van der Waals surface area (Å²) >= 11 is 3.55. The van der Waals surface area contributed by atoms with Crippen molar-refractivity contribution in [1.29, 1.82) is 0 Å². The first kappa shape index (κ1) is 13.5. The van der Waals surface area contributed by atoms with Gasteiger partial charge in [0.25, 0.3) is 0 Å². The molecule has 0 unspecified atom stereocenters. The second-order valence-corrected chi connectivity index (χ2v) is 5.52. The molecule has 0 bridgehead atoms. The molecule has 90 valence electrons. The van der Waals surface area contributed by atoms with Crippen LogP contribution in [0.3, 0.4) is 0 Å². The maximum Gasteiger partial charge on any atom is 0.0159 e. The first-order chi connectivity index (χ1) is 7.38. The molecule has 0 aliphatic heterocycles. The number of rotatable bonds is 10. The van der Waals surface area contributed by atoms with E-state index in [1.807, 2.05) is 0 Å². The summed E-state index contributed by atoms with van der Waals surface area (Å²) in [5.41, 5.74) is 0. The van der Waals surface area contributed by atoms with Gasteiger partial charge in [0.2, 0.25) is 0 Å². The summed E-state index contributed by atoms with van der Waals surface area (Å²) in [4.78, 5) is 2.68. The molecule has 1 saturated carbocycles. The third kappa shape index (κ3) is 6.57. The van der Waals surface area contributed by atoms with E-state index in [-0.39, 0.29) is 0 Å². The van der Waals surface area contributed by atoms with Gasteiger partial charge < -0.3 is 0 Å². The van der Waals surface area contributed by atoms with Crippen LogP contribution >= 0.6 is 15.9 Å². The standard InChI is InChI=1S/C13H26BrN/c1-2-3-4-5-6-7-11-15(12-10-14)13-8-9-13/h13H,2-12H2,1H3. The van der Waals surface area contributed by atoms with Gasteiger partial charge in [0.1, 0.15) is 0 Å². The van der Waals surface area contributed by atoms with Crippen LogP contribution in [0.15, 0.2) is 0 Å². The molecule has 0 saturated heterocycles. The van der Waals surface area contributed by atoms with Crippen molar-refractivity contribution in [3.63, 3.8) is 0 Å². The quantitative estimate of drug-likeness (QED) is 0.427. The number of hydrogen-bond acceptors (Lipinski definition) is 1. The summed E-state index contributed by atoms with van der Waals surface area (Å²) < 4.78 is 0. The molecule has 0 heterocycles. The highest BCUT2D eigenvalue weighted by Crippen LogP contribution is 2.27. The van der Waals surface area contributed by atoms with Gasteiger partial charge in [-0.1, -0.05) is 55.0 Å². The van der Waals surface area contributed by atoms with Crippen molar-refractivity contribution in [2.75, 3.05) is 18.4 Å². The highest BCUT2D eigenvalue weighted by molar-refractivity contribution is 9.09. The zero-order chi connectivity index (χ0) is 10.9. The zero-order valence-corrected chi connectivity index (χ0v) is 11.8. The van der Waals surface area contributed by atoms with Crippen molar-refractivity contribution in [3.8, 4) is 0 Å². The molecule has 0 spiro atoms. The summed E-state index contributed by atoms with van der Waals surface area (Å²) in [7, 11) is 0. The molecule has 1 nitrogen and oxygen atoms in total. The molecule has 2 heteroatoms. The van der Waals surface area contributed by atoms with Crippen LogP contribution in [0.4, 0.5) is 0 Å². The number of alkyl halides is 1. The first-order valence-electron chi connectivity index (χ1n) is 6.68. The third-order valence-electron chi connectivity index (χ3n) is 3.23. The van der Waals surface area contributed by atoms with E-state index >= 15 is 0 Å². The van der Waals surface area contributed by atoms with E-state index < -0.39 is 0 Å². The average Bonchev–Trinajstić information content (AvgIpc) is 3.05. The summed E-state index contributed by atoms with van der Waals surface area (Å²) in [6.45, 7) is 4.87. The van der Waals surface area contributed by atoms with Gasteiger partial charge in [0.15, 0.2) is 0 Å². The minimum absolute atomic E-state index is 0.943. The van der Waals surface area contributed by atoms with Crippen LogP contribution in [0.2, 0.25) is 0 Å². The minimum Gasteiger partial charge on any atom is -0.300 e. The van der Waals surface area contributed by atoms with Crippen LogP contribution in [0.5, 0.6) is 0 Å². The van der Waals surface area contributed by atoms with Gasteiger partial charge in [-0.25, -0.2) is 0 Å². The van der Waals surface area contributed by atoms with Crippen LogP contribution in [-0.2, 0) is 0 Å². The van der Waals surface area contributed by atoms with Crippen molar-refractivity contribution >= 4 is 15.9 Å². The van der Waals surface area contributed by atoms with Crippen molar-refractivity contribution in [1.82, 2.24) is 4.90 Å². The Labute approximate surface area is 104 Å². The van der Waals surface area contributed by atoms with E-state index in [0.29, 0.717) is 0 Å². The van der Waals surface area contributed by atoms with E-state index in [2.05, 4.69) is 27.8 Å². The molecule has 0 N–H and O–H groups in total. The monoisotopic (exact) mass is 275 g/mol. The molecule has 1 rings (SSSR count). The molecule has 1 aliphatic rings. The Balaban J connectivity index is 1.92. The Hall–Kier alpha value is 0.440. The van der Waals surface area contributed by atoms with Gasteiger partial charge in [0.05, 0.1) is 0 Å². The van der Waals surface area contributed by atoms with Crippen LogP contribution in [0.25, 0.3) is 0 Å². The fourth-order valence-electron chi connectivity index (χ4n) is 2.12. The summed E-state index contributed by atoms with van der Waals surface area (Å²) in [5.74, 6) is 0. The Kier molecular flexibility index (Phi) is 7.72. The molecule has 0 amide bonds. The van der Waals surface area contributed by atoms with E-state index in [4.69, 9.17) is 0 Å². The molecule has 0 aromatic rings. The Morgan fingerprint density at radius 2 is 1.67 bits per heavy atom. The second kappa shape index (κ2) is 8.58. The maximum absolute atomic E-state index is 3.55. The topological polar surface area (TPSA) is 3.24 Å². The normalized spacial score (nSPS) is 16.2. The van der Waals surface area contributed by atoms with E-state index in [9.17, 15) is 0 Å². The summed E-state index contributed by atoms with van der Waals surface area (Å²) in [5, 5.41) is 1.14. The number of nitrogens with zero attached hydrogens (tertiary/aromatic N) is 1. The van der Waals surface area contributed by atoms with E-state index in [0.717, 1.165) is 11.4 Å². The Morgan fingerprint density at radius 1 is 1.00 bits per heavy atom. The average molecular weight is 276 g/mol. The van der Waals surface area contributed by atoms with E-state index in [1.54, 1.807) is 0 Å². The molecule has 15 heavy (non-hydrogen) atoms. The molecule has 0 aromatic heterocycles. The first-order valence-corrected chi connectivity index (χ1v) is 7.80. The molecular weight excluding hydrogens is 250 g/mol. The summed E-state index contributed by atoms with van der Waals surface area (Å²) in [6, 6.07) is 0.943. The Bertz CT molecular complexity index is 145. The van der Waals surface area contributed by atoms with Crippen molar-refractivity contribution < 1.29 is 0 Å². The predicted octanol–water partition coefficient (Wildman–Crippen LogP) is 4.21. The lowest BCUT2D eigenvalue weighted by Crippen LogP contribution is -2.29. The van der Waals surface area contributed by atoms with Gasteiger partial charge in [-0.2, -0.15) is 0 Å². The second-order valence-electron chi connectivity index (χ2n) is 4.72. The van der Waals surface area contributed by atoms with E-state index in [1.165, 1.54) is 64.5 Å². The molecule has 0 radical (unpaired) electrons. The largest absolute Gasteiger partial charge is 0.300 e. The number of halogens is 1. The van der Waals surface area contributed by atoms with Crippen LogP contribution in [0, 0.1) is 0 Å². The van der Waals surface area contributed by atoms with Crippen LogP contribution in [-0.4, -0.2) is 29.4 Å². The fourth-order valence-corrected chi connectivity index (χ4v) is 2.58. The van der Waals surface area contributed by atoms with Gasteiger partial charge in [-0.3, -0.25) is 4.90 Å². The lowest BCUT2D eigenvalue weighted by molar-refractivity contribution is 0.273. The van der Waals surface area contributed by atoms with Gasteiger partial charge in [-0.15, -0.1) is 0 Å². The molecule has 0 aromatic carbocycles. The Morgan fingerprint density at radius 3 is 2.27 bits per heavy atom. The molecular formula is C13H26BrN. The lowest BCUT2D eigenvalue weighted by atomic mass is 10.1. The predicted molar refractivity (Wildman–Crippen MR) is 71.8 cm³/mol. The van der Waals surface area contributed by atoms with Crippen molar-refractivity contribution in [2.24, 2.45) is 0 Å². The fraction of sp³-hybridized carbons (Fsp3) is 1.00. The third-order valence-corrected chi connectivity index (χ3v) is 3.59. The smallest absolute Gasteiger partial charge is 0.0159 e. The van der Waals surface area contributed by atoms with Crippen molar-refractivity contribution in [2.45, 2.75) is 64.3 Å². The SMILES string of the molecule is CCCCCCCCN(CCBr)C1CC1. The van der Waals surface area contributed by atoms with Gasteiger partial charge >= 0.3 is 0 Å².